The molecule has 5 heteroatoms. The largest absolute Gasteiger partial charge is 0.344 e. The number of hydrogen-bond acceptors (Lipinski definition) is 2. The number of carbonyl (C=O) groups excluding carboxylic acids is 2. The summed E-state index contributed by atoms with van der Waals surface area (Å²) in [5.41, 5.74) is 0.212. The van der Waals surface area contributed by atoms with E-state index in [9.17, 15) is 14.0 Å². The van der Waals surface area contributed by atoms with Gasteiger partial charge in [0.15, 0.2) is 0 Å². The molecule has 0 spiro atoms. The number of likely N-dealkylation sites (N-methyl/N-ethyl adjacent to an activating group) is 1. The van der Waals surface area contributed by atoms with Gasteiger partial charge in [0.2, 0.25) is 5.91 Å². The second kappa shape index (κ2) is 7.51. The van der Waals surface area contributed by atoms with Gasteiger partial charge in [0.05, 0.1) is 6.54 Å². The van der Waals surface area contributed by atoms with Crippen LogP contribution >= 0.6 is 0 Å². The van der Waals surface area contributed by atoms with Gasteiger partial charge in [0.25, 0.3) is 5.91 Å². The van der Waals surface area contributed by atoms with Gasteiger partial charge in [-0.3, -0.25) is 9.59 Å². The Hall–Kier alpha value is -1.91. The number of hydrogen-bond donors (Lipinski definition) is 1. The normalized spacial score (nSPS) is 10.1. The highest BCUT2D eigenvalue weighted by Crippen LogP contribution is 2.03. The van der Waals surface area contributed by atoms with Gasteiger partial charge >= 0.3 is 0 Å². The first-order chi connectivity index (χ1) is 9.04. The fourth-order valence-electron chi connectivity index (χ4n) is 1.54. The summed E-state index contributed by atoms with van der Waals surface area (Å²) >= 11 is 0. The van der Waals surface area contributed by atoms with Crippen LogP contribution in [0.4, 0.5) is 4.39 Å². The van der Waals surface area contributed by atoms with Crippen LogP contribution < -0.4 is 5.32 Å². The predicted molar refractivity (Wildman–Crippen MR) is 71.3 cm³/mol. The van der Waals surface area contributed by atoms with E-state index >= 15 is 0 Å². The van der Waals surface area contributed by atoms with Crippen LogP contribution in [-0.2, 0) is 4.79 Å². The van der Waals surface area contributed by atoms with Crippen LogP contribution in [0.3, 0.4) is 0 Å². The lowest BCUT2D eigenvalue weighted by molar-refractivity contribution is -0.128. The fourth-order valence-corrected chi connectivity index (χ4v) is 1.54. The molecule has 19 heavy (non-hydrogen) atoms. The number of nitrogens with one attached hydrogen (secondary N) is 1. The zero-order valence-corrected chi connectivity index (χ0v) is 11.3. The van der Waals surface area contributed by atoms with Crippen molar-refractivity contribution in [1.29, 1.82) is 0 Å². The van der Waals surface area contributed by atoms with Gasteiger partial charge in [-0.2, -0.15) is 0 Å². The van der Waals surface area contributed by atoms with E-state index in [-0.39, 0.29) is 18.0 Å². The van der Waals surface area contributed by atoms with Crippen molar-refractivity contribution in [2.75, 3.05) is 20.1 Å². The van der Waals surface area contributed by atoms with Gasteiger partial charge in [0, 0.05) is 19.2 Å². The Morgan fingerprint density at radius 3 is 2.74 bits per heavy atom. The molecule has 0 saturated heterocycles. The van der Waals surface area contributed by atoms with Crippen LogP contribution in [0.5, 0.6) is 0 Å². The Morgan fingerprint density at radius 2 is 2.11 bits per heavy atom. The van der Waals surface area contributed by atoms with E-state index in [4.69, 9.17) is 0 Å². The molecule has 1 aromatic carbocycles. The Morgan fingerprint density at radius 1 is 1.37 bits per heavy atom. The van der Waals surface area contributed by atoms with Gasteiger partial charge in [-0.1, -0.05) is 19.4 Å². The molecule has 0 aromatic heterocycles. The molecule has 4 nitrogen and oxygen atoms in total. The summed E-state index contributed by atoms with van der Waals surface area (Å²) in [6.45, 7) is 2.64. The Labute approximate surface area is 112 Å². The molecule has 0 fully saturated rings. The molecule has 0 bridgehead atoms. The maximum atomic E-state index is 12.9. The van der Waals surface area contributed by atoms with E-state index in [0.29, 0.717) is 6.54 Å². The Balaban J connectivity index is 2.44. The van der Waals surface area contributed by atoms with Crippen molar-refractivity contribution in [3.63, 3.8) is 0 Å². The first-order valence-corrected chi connectivity index (χ1v) is 6.32. The average molecular weight is 266 g/mol. The first-order valence-electron chi connectivity index (χ1n) is 6.32. The maximum absolute atomic E-state index is 12.9. The lowest BCUT2D eigenvalue weighted by Crippen LogP contribution is -2.38. The Kier molecular flexibility index (Phi) is 5.99. The van der Waals surface area contributed by atoms with E-state index in [0.717, 1.165) is 18.9 Å². The molecule has 0 heterocycles. The second-order valence-corrected chi connectivity index (χ2v) is 4.36. The summed E-state index contributed by atoms with van der Waals surface area (Å²) in [5.74, 6) is -1.08. The zero-order valence-electron chi connectivity index (χ0n) is 11.3. The smallest absolute Gasteiger partial charge is 0.251 e. The molecule has 2 amide bonds. The third kappa shape index (κ3) is 5.07. The molecular weight excluding hydrogens is 247 g/mol. The van der Waals surface area contributed by atoms with E-state index in [1.807, 2.05) is 6.92 Å². The molecule has 1 rings (SSSR count). The summed E-state index contributed by atoms with van der Waals surface area (Å²) < 4.78 is 12.9. The van der Waals surface area contributed by atoms with Gasteiger partial charge in [-0.25, -0.2) is 4.39 Å². The number of halogens is 1. The van der Waals surface area contributed by atoms with Crippen molar-refractivity contribution >= 4 is 11.8 Å². The molecule has 0 aliphatic heterocycles. The van der Waals surface area contributed by atoms with Crippen molar-refractivity contribution in [3.8, 4) is 0 Å². The summed E-state index contributed by atoms with van der Waals surface area (Å²) in [5, 5.41) is 2.49. The van der Waals surface area contributed by atoms with E-state index in [2.05, 4.69) is 5.32 Å². The van der Waals surface area contributed by atoms with E-state index < -0.39 is 11.7 Å². The minimum Gasteiger partial charge on any atom is -0.344 e. The summed E-state index contributed by atoms with van der Waals surface area (Å²) in [7, 11) is 1.70. The first kappa shape index (κ1) is 15.1. The minimum atomic E-state index is -0.473. The number of benzene rings is 1. The molecule has 0 aliphatic rings. The summed E-state index contributed by atoms with van der Waals surface area (Å²) in [4.78, 5) is 25.0. The number of nitrogens with zero attached hydrogens (tertiary/aromatic N) is 1. The Bertz CT molecular complexity index is 449. The molecule has 1 N–H and O–H groups in total. The predicted octanol–water partition coefficient (Wildman–Crippen LogP) is 1.81. The van der Waals surface area contributed by atoms with Crippen LogP contribution in [0.15, 0.2) is 24.3 Å². The molecule has 1 aromatic rings. The van der Waals surface area contributed by atoms with Crippen LogP contribution in [0.25, 0.3) is 0 Å². The fraction of sp³-hybridized carbons (Fsp3) is 0.429. The quantitative estimate of drug-likeness (QED) is 0.853. The van der Waals surface area contributed by atoms with E-state index in [1.54, 1.807) is 11.9 Å². The number of rotatable bonds is 6. The standard InChI is InChI=1S/C14H19FN2O2/c1-3-4-8-17(2)13(18)10-16-14(19)11-6-5-7-12(15)9-11/h5-7,9H,3-4,8,10H2,1-2H3,(H,16,19). The molecule has 0 radical (unpaired) electrons. The molecule has 0 unspecified atom stereocenters. The topological polar surface area (TPSA) is 49.4 Å². The highest BCUT2D eigenvalue weighted by molar-refractivity contribution is 5.96. The SMILES string of the molecule is CCCCN(C)C(=O)CNC(=O)c1cccc(F)c1. The zero-order chi connectivity index (χ0) is 14.3. The van der Waals surface area contributed by atoms with Crippen LogP contribution in [-0.4, -0.2) is 36.9 Å². The van der Waals surface area contributed by atoms with Crippen LogP contribution in [0, 0.1) is 5.82 Å². The molecule has 0 aliphatic carbocycles. The third-order valence-electron chi connectivity index (χ3n) is 2.76. The number of unbranched alkanes of at least 4 members (excludes halogenated alkanes) is 1. The van der Waals surface area contributed by atoms with Crippen molar-refractivity contribution in [2.45, 2.75) is 19.8 Å². The molecule has 104 valence electrons. The van der Waals surface area contributed by atoms with Crippen molar-refractivity contribution in [3.05, 3.63) is 35.6 Å². The second-order valence-electron chi connectivity index (χ2n) is 4.36. The monoisotopic (exact) mass is 266 g/mol. The summed E-state index contributed by atoms with van der Waals surface area (Å²) in [6, 6.07) is 5.37. The van der Waals surface area contributed by atoms with Crippen molar-refractivity contribution in [1.82, 2.24) is 10.2 Å². The van der Waals surface area contributed by atoms with Gasteiger partial charge in [-0.15, -0.1) is 0 Å². The highest BCUT2D eigenvalue weighted by atomic mass is 19.1. The van der Waals surface area contributed by atoms with Gasteiger partial charge in [-0.05, 0) is 24.6 Å². The number of carbonyl (C=O) groups is 2. The molecule has 0 saturated carbocycles. The van der Waals surface area contributed by atoms with E-state index in [1.165, 1.54) is 18.2 Å². The van der Waals surface area contributed by atoms with Gasteiger partial charge < -0.3 is 10.2 Å². The molecular formula is C14H19FN2O2. The van der Waals surface area contributed by atoms with Crippen molar-refractivity contribution < 1.29 is 14.0 Å². The lowest BCUT2D eigenvalue weighted by Gasteiger charge is -2.16. The maximum Gasteiger partial charge on any atom is 0.251 e. The highest BCUT2D eigenvalue weighted by Gasteiger charge is 2.11. The number of amides is 2. The minimum absolute atomic E-state index is 0.0738. The average Bonchev–Trinajstić information content (AvgIpc) is 2.41. The molecule has 0 atom stereocenters. The van der Waals surface area contributed by atoms with Crippen LogP contribution in [0.1, 0.15) is 30.1 Å². The van der Waals surface area contributed by atoms with Gasteiger partial charge in [0.1, 0.15) is 5.82 Å². The third-order valence-corrected chi connectivity index (χ3v) is 2.76. The summed E-state index contributed by atoms with van der Waals surface area (Å²) in [6.07, 6.45) is 1.94. The lowest BCUT2D eigenvalue weighted by atomic mass is 10.2. The van der Waals surface area contributed by atoms with Crippen molar-refractivity contribution in [2.24, 2.45) is 0 Å². The van der Waals surface area contributed by atoms with Crippen LogP contribution in [0.2, 0.25) is 0 Å².